The molecule has 2 aliphatic rings. The highest BCUT2D eigenvalue weighted by atomic mass is 35.5. The number of imidazole rings is 1. The SMILES string of the molecule is CCOC(=O)c1[nH]cc2c1N=C1CCCC(=O)C1C2c1ccc(Sc2nc3cc(Cl)c(Cl)cc3[nH]2)o1. The number of aromatic amines is 2. The number of ketones is 1. The molecule has 184 valence electrons. The van der Waals surface area contributed by atoms with Crippen molar-refractivity contribution >= 4 is 69.1 Å². The highest BCUT2D eigenvalue weighted by Gasteiger charge is 2.44. The van der Waals surface area contributed by atoms with Gasteiger partial charge in [-0.3, -0.25) is 9.79 Å². The second-order valence-corrected chi connectivity index (χ2v) is 10.5. The minimum absolute atomic E-state index is 0.131. The normalized spacial score (nSPS) is 19.2. The molecule has 0 saturated heterocycles. The van der Waals surface area contributed by atoms with Gasteiger partial charge >= 0.3 is 5.97 Å². The molecule has 0 radical (unpaired) electrons. The topological polar surface area (TPSA) is 113 Å². The molecule has 2 atom stereocenters. The molecule has 36 heavy (non-hydrogen) atoms. The van der Waals surface area contributed by atoms with Gasteiger partial charge in [0, 0.05) is 23.9 Å². The van der Waals surface area contributed by atoms with Crippen LogP contribution >= 0.6 is 35.0 Å². The van der Waals surface area contributed by atoms with Gasteiger partial charge in [0.2, 0.25) is 0 Å². The number of carbonyl (C=O) groups is 2. The van der Waals surface area contributed by atoms with Crippen LogP contribution in [0.1, 0.15) is 53.9 Å². The fraction of sp³-hybridized carbons (Fsp3) is 0.280. The Morgan fingerprint density at radius 3 is 2.89 bits per heavy atom. The summed E-state index contributed by atoms with van der Waals surface area (Å²) in [6.45, 7) is 2.01. The molecule has 0 amide bonds. The number of nitrogens with zero attached hydrogens (tertiary/aromatic N) is 2. The standard InChI is InChI=1S/C25H20Cl2N4O4S/c1-2-34-24(33)23-22-11(10-28-23)20(21-14(29-22)4-3-5-17(21)32)18-6-7-19(35-18)36-25-30-15-8-12(26)13(27)9-16(15)31-25/h6-10,20-21,28H,2-5H2,1H3,(H,30,31). The van der Waals surface area contributed by atoms with Gasteiger partial charge in [-0.05, 0) is 55.8 Å². The zero-order valence-corrected chi connectivity index (χ0v) is 21.4. The van der Waals surface area contributed by atoms with Crippen LogP contribution in [0.15, 0.2) is 50.1 Å². The zero-order chi connectivity index (χ0) is 25.0. The van der Waals surface area contributed by atoms with Crippen molar-refractivity contribution in [2.24, 2.45) is 10.9 Å². The number of ether oxygens (including phenoxy) is 1. The number of aliphatic imine (C=N–C) groups is 1. The summed E-state index contributed by atoms with van der Waals surface area (Å²) < 4.78 is 11.5. The molecule has 11 heteroatoms. The molecular weight excluding hydrogens is 523 g/mol. The van der Waals surface area contributed by atoms with Crippen molar-refractivity contribution in [2.75, 3.05) is 6.61 Å². The monoisotopic (exact) mass is 542 g/mol. The number of nitrogens with one attached hydrogen (secondary N) is 2. The van der Waals surface area contributed by atoms with Crippen molar-refractivity contribution in [3.63, 3.8) is 0 Å². The van der Waals surface area contributed by atoms with Crippen molar-refractivity contribution in [3.8, 4) is 0 Å². The van der Waals surface area contributed by atoms with E-state index in [1.54, 1.807) is 25.3 Å². The molecule has 4 aromatic rings. The van der Waals surface area contributed by atoms with E-state index in [1.165, 1.54) is 11.8 Å². The highest BCUT2D eigenvalue weighted by Crippen LogP contribution is 2.48. The third kappa shape index (κ3) is 3.95. The van der Waals surface area contributed by atoms with E-state index in [2.05, 4.69) is 15.0 Å². The van der Waals surface area contributed by atoms with Crippen molar-refractivity contribution in [1.29, 1.82) is 0 Å². The molecule has 1 aromatic carbocycles. The Bertz CT molecular complexity index is 1510. The number of H-pyrrole nitrogens is 2. The van der Waals surface area contributed by atoms with Crippen LogP contribution in [0, 0.1) is 5.92 Å². The molecule has 6 rings (SSSR count). The average molecular weight is 543 g/mol. The van der Waals surface area contributed by atoms with Gasteiger partial charge in [-0.2, -0.15) is 0 Å². The maximum absolute atomic E-state index is 13.1. The second-order valence-electron chi connectivity index (χ2n) is 8.65. The molecule has 8 nitrogen and oxygen atoms in total. The highest BCUT2D eigenvalue weighted by molar-refractivity contribution is 7.99. The number of carbonyl (C=O) groups excluding carboxylic acids is 2. The Morgan fingerprint density at radius 1 is 1.22 bits per heavy atom. The van der Waals surface area contributed by atoms with Gasteiger partial charge < -0.3 is 19.1 Å². The van der Waals surface area contributed by atoms with Gasteiger partial charge in [0.05, 0.1) is 45.2 Å². The number of hydrogen-bond acceptors (Lipinski definition) is 7. The predicted octanol–water partition coefficient (Wildman–Crippen LogP) is 6.71. The number of furan rings is 1. The van der Waals surface area contributed by atoms with E-state index in [9.17, 15) is 9.59 Å². The minimum atomic E-state index is -0.469. The molecule has 0 bridgehead atoms. The van der Waals surface area contributed by atoms with E-state index in [1.807, 2.05) is 12.1 Å². The zero-order valence-electron chi connectivity index (χ0n) is 19.1. The van der Waals surface area contributed by atoms with Crippen LogP contribution in [0.5, 0.6) is 0 Å². The Kier molecular flexibility index (Phi) is 5.94. The van der Waals surface area contributed by atoms with E-state index in [-0.39, 0.29) is 18.3 Å². The number of rotatable bonds is 5. The molecule has 1 aliphatic carbocycles. The molecular formula is C25H20Cl2N4O4S. The molecule has 3 aromatic heterocycles. The van der Waals surface area contributed by atoms with Crippen LogP contribution in [0.2, 0.25) is 10.0 Å². The lowest BCUT2D eigenvalue weighted by molar-refractivity contribution is -0.122. The van der Waals surface area contributed by atoms with Crippen LogP contribution in [0.3, 0.4) is 0 Å². The first-order chi connectivity index (χ1) is 17.4. The summed E-state index contributed by atoms with van der Waals surface area (Å²) in [6.07, 6.45) is 3.68. The van der Waals surface area contributed by atoms with E-state index in [4.69, 9.17) is 37.3 Å². The number of fused-ring (bicyclic) bond motifs is 3. The van der Waals surface area contributed by atoms with Crippen molar-refractivity contribution in [1.82, 2.24) is 15.0 Å². The Morgan fingerprint density at radius 2 is 2.06 bits per heavy atom. The van der Waals surface area contributed by atoms with Crippen LogP contribution in [-0.4, -0.2) is 39.0 Å². The number of esters is 1. The van der Waals surface area contributed by atoms with Crippen LogP contribution < -0.4 is 0 Å². The van der Waals surface area contributed by atoms with Gasteiger partial charge in [0.15, 0.2) is 15.9 Å². The van der Waals surface area contributed by atoms with Gasteiger partial charge in [-0.15, -0.1) is 0 Å². The fourth-order valence-electron chi connectivity index (χ4n) is 4.91. The average Bonchev–Trinajstić information content (AvgIpc) is 3.57. The lowest BCUT2D eigenvalue weighted by Gasteiger charge is -2.32. The summed E-state index contributed by atoms with van der Waals surface area (Å²) in [7, 11) is 0. The summed E-state index contributed by atoms with van der Waals surface area (Å²) in [5, 5.41) is 2.11. The summed E-state index contributed by atoms with van der Waals surface area (Å²) in [5.74, 6) is -0.517. The number of benzene rings is 1. The maximum Gasteiger partial charge on any atom is 0.357 e. The third-order valence-electron chi connectivity index (χ3n) is 6.46. The lowest BCUT2D eigenvalue weighted by Crippen LogP contribution is -2.36. The molecule has 2 unspecified atom stereocenters. The number of aromatic nitrogens is 3. The quantitative estimate of drug-likeness (QED) is 0.271. The minimum Gasteiger partial charge on any atom is -0.461 e. The maximum atomic E-state index is 13.1. The first-order valence-electron chi connectivity index (χ1n) is 11.5. The van der Waals surface area contributed by atoms with Crippen molar-refractivity contribution in [3.05, 3.63) is 57.5 Å². The molecule has 1 saturated carbocycles. The summed E-state index contributed by atoms with van der Waals surface area (Å²) in [4.78, 5) is 41.1. The summed E-state index contributed by atoms with van der Waals surface area (Å²) in [6, 6.07) is 7.16. The van der Waals surface area contributed by atoms with Crippen LogP contribution in [0.25, 0.3) is 11.0 Å². The molecule has 0 spiro atoms. The smallest absolute Gasteiger partial charge is 0.357 e. The van der Waals surface area contributed by atoms with E-state index in [0.29, 0.717) is 55.8 Å². The first kappa shape index (κ1) is 23.4. The predicted molar refractivity (Wildman–Crippen MR) is 137 cm³/mol. The van der Waals surface area contributed by atoms with Gasteiger partial charge in [0.25, 0.3) is 0 Å². The Labute approximate surface area is 219 Å². The number of hydrogen-bond donors (Lipinski definition) is 2. The van der Waals surface area contributed by atoms with Crippen molar-refractivity contribution < 1.29 is 18.7 Å². The summed E-state index contributed by atoms with van der Waals surface area (Å²) in [5.41, 5.74) is 3.82. The number of halogens is 2. The van der Waals surface area contributed by atoms with E-state index in [0.717, 1.165) is 23.2 Å². The fourth-order valence-corrected chi connectivity index (χ4v) is 6.00. The first-order valence-corrected chi connectivity index (χ1v) is 13.1. The largest absolute Gasteiger partial charge is 0.461 e. The Balaban J connectivity index is 1.36. The van der Waals surface area contributed by atoms with Gasteiger partial charge in [0.1, 0.15) is 11.5 Å². The molecule has 2 N–H and O–H groups in total. The Hall–Kier alpha value is -3.01. The third-order valence-corrected chi connectivity index (χ3v) is 7.99. The summed E-state index contributed by atoms with van der Waals surface area (Å²) >= 11 is 13.6. The molecule has 1 fully saturated rings. The number of Topliss-reactive ketones (excluding diaryl/α,β-unsaturated/α-hetero) is 1. The van der Waals surface area contributed by atoms with Crippen molar-refractivity contribution in [2.45, 2.75) is 42.4 Å². The second kappa shape index (κ2) is 9.14. The van der Waals surface area contributed by atoms with Gasteiger partial charge in [-0.1, -0.05) is 23.2 Å². The molecule has 4 heterocycles. The lowest BCUT2D eigenvalue weighted by atomic mass is 9.72. The van der Waals surface area contributed by atoms with Crippen LogP contribution in [-0.2, 0) is 9.53 Å². The van der Waals surface area contributed by atoms with Gasteiger partial charge in [-0.25, -0.2) is 9.78 Å². The molecule has 1 aliphatic heterocycles. The van der Waals surface area contributed by atoms with E-state index >= 15 is 0 Å². The van der Waals surface area contributed by atoms with Crippen LogP contribution in [0.4, 0.5) is 5.69 Å². The van der Waals surface area contributed by atoms with E-state index < -0.39 is 11.9 Å².